The summed E-state index contributed by atoms with van der Waals surface area (Å²) in [7, 11) is 4.05. The fraction of sp³-hybridized carbons (Fsp3) is 0.312. The highest BCUT2D eigenvalue weighted by atomic mass is 15.3. The summed E-state index contributed by atoms with van der Waals surface area (Å²) in [5.41, 5.74) is 3.12. The molecule has 0 aliphatic rings. The molecule has 3 aromatic heterocycles. The minimum absolute atomic E-state index is 0.363. The van der Waals surface area contributed by atoms with Gasteiger partial charge in [-0.2, -0.15) is 9.67 Å². The van der Waals surface area contributed by atoms with Crippen LogP contribution in [0.1, 0.15) is 19.9 Å². The minimum atomic E-state index is 0.363. The fourth-order valence-electron chi connectivity index (χ4n) is 2.44. The lowest BCUT2D eigenvalue weighted by molar-refractivity contribution is -0.649. The first-order valence-corrected chi connectivity index (χ1v) is 7.10. The van der Waals surface area contributed by atoms with Gasteiger partial charge in [0, 0.05) is 43.8 Å². The molecule has 0 aromatic carbocycles. The number of rotatable bonds is 3. The third-order valence-electron chi connectivity index (χ3n) is 3.68. The average molecular weight is 282 g/mol. The highest BCUT2D eigenvalue weighted by molar-refractivity contribution is 5.54. The first-order chi connectivity index (χ1) is 10.1. The largest absolute Gasteiger partial charge is 0.329 e. The van der Waals surface area contributed by atoms with Gasteiger partial charge in [0.25, 0.3) is 0 Å². The molecule has 0 unspecified atom stereocenters. The summed E-state index contributed by atoms with van der Waals surface area (Å²) < 4.78 is 6.13. The normalized spacial score (nSPS) is 11.3. The zero-order chi connectivity index (χ0) is 15.0. The Hall–Kier alpha value is -2.43. The van der Waals surface area contributed by atoms with Gasteiger partial charge >= 0.3 is 0 Å². The molecule has 0 bridgehead atoms. The van der Waals surface area contributed by atoms with Crippen molar-refractivity contribution in [3.63, 3.8) is 0 Å². The number of aryl methyl sites for hydroxylation is 1. The molecule has 0 saturated carbocycles. The van der Waals surface area contributed by atoms with Crippen LogP contribution in [-0.2, 0) is 14.1 Å². The van der Waals surface area contributed by atoms with E-state index in [4.69, 9.17) is 0 Å². The first kappa shape index (κ1) is 13.5. The quantitative estimate of drug-likeness (QED) is 0.692. The van der Waals surface area contributed by atoms with Crippen LogP contribution in [0, 0.1) is 0 Å². The standard InChI is InChI=1S/C16H20N5/c1-12(2)21-10-8-13(18-21)14-6-5-7-15(20(14)4)16-17-9-11-19(16)3/h5-12H,1-4H3/q+1. The predicted molar refractivity (Wildman–Crippen MR) is 81.4 cm³/mol. The molecule has 3 heterocycles. The molecule has 5 nitrogen and oxygen atoms in total. The van der Waals surface area contributed by atoms with Gasteiger partial charge in [-0.1, -0.05) is 0 Å². The number of hydrogen-bond acceptors (Lipinski definition) is 2. The Labute approximate surface area is 124 Å². The second-order valence-corrected chi connectivity index (χ2v) is 5.49. The van der Waals surface area contributed by atoms with Gasteiger partial charge in [-0.05, 0) is 26.0 Å². The molecule has 108 valence electrons. The predicted octanol–water partition coefficient (Wildman–Crippen LogP) is 2.36. The van der Waals surface area contributed by atoms with Gasteiger partial charge in [0.15, 0.2) is 5.69 Å². The van der Waals surface area contributed by atoms with E-state index in [1.165, 1.54) is 0 Å². The average Bonchev–Trinajstić information content (AvgIpc) is 3.08. The Kier molecular flexibility index (Phi) is 3.33. The van der Waals surface area contributed by atoms with Gasteiger partial charge in [-0.25, -0.2) is 4.98 Å². The van der Waals surface area contributed by atoms with Crippen molar-refractivity contribution in [1.29, 1.82) is 0 Å². The molecule has 0 spiro atoms. The molecular weight excluding hydrogens is 262 g/mol. The Morgan fingerprint density at radius 2 is 1.86 bits per heavy atom. The van der Waals surface area contributed by atoms with Crippen LogP contribution in [-0.4, -0.2) is 19.3 Å². The van der Waals surface area contributed by atoms with E-state index in [-0.39, 0.29) is 0 Å². The van der Waals surface area contributed by atoms with Crippen LogP contribution in [0.3, 0.4) is 0 Å². The van der Waals surface area contributed by atoms with E-state index in [0.717, 1.165) is 22.9 Å². The molecule has 0 fully saturated rings. The maximum Gasteiger partial charge on any atom is 0.248 e. The smallest absolute Gasteiger partial charge is 0.248 e. The van der Waals surface area contributed by atoms with Crippen LogP contribution < -0.4 is 4.57 Å². The second kappa shape index (κ2) is 5.16. The van der Waals surface area contributed by atoms with Crippen molar-refractivity contribution < 1.29 is 4.57 Å². The Morgan fingerprint density at radius 1 is 1.10 bits per heavy atom. The van der Waals surface area contributed by atoms with E-state index < -0.39 is 0 Å². The van der Waals surface area contributed by atoms with Crippen LogP contribution in [0.15, 0.2) is 42.9 Å². The fourth-order valence-corrected chi connectivity index (χ4v) is 2.44. The molecule has 3 aromatic rings. The van der Waals surface area contributed by atoms with Crippen molar-refractivity contribution in [1.82, 2.24) is 19.3 Å². The van der Waals surface area contributed by atoms with Crippen LogP contribution in [0.5, 0.6) is 0 Å². The third-order valence-corrected chi connectivity index (χ3v) is 3.68. The zero-order valence-electron chi connectivity index (χ0n) is 12.9. The number of pyridine rings is 1. The molecule has 0 aliphatic heterocycles. The monoisotopic (exact) mass is 282 g/mol. The van der Waals surface area contributed by atoms with Gasteiger partial charge in [-0.3, -0.25) is 4.68 Å². The lowest BCUT2D eigenvalue weighted by Crippen LogP contribution is -2.34. The summed E-state index contributed by atoms with van der Waals surface area (Å²) in [6.07, 6.45) is 5.79. The molecule has 0 saturated heterocycles. The molecule has 0 atom stereocenters. The Bertz CT molecular complexity index is 767. The van der Waals surface area contributed by atoms with Crippen molar-refractivity contribution >= 4 is 0 Å². The van der Waals surface area contributed by atoms with E-state index >= 15 is 0 Å². The third kappa shape index (κ3) is 2.35. The van der Waals surface area contributed by atoms with E-state index in [1.54, 1.807) is 0 Å². The number of nitrogens with zero attached hydrogens (tertiary/aromatic N) is 5. The molecule has 0 radical (unpaired) electrons. The molecule has 0 amide bonds. The number of imidazole rings is 1. The molecule has 0 N–H and O–H groups in total. The molecule has 5 heteroatoms. The van der Waals surface area contributed by atoms with Gasteiger partial charge in [-0.15, -0.1) is 0 Å². The van der Waals surface area contributed by atoms with E-state index in [2.05, 4.69) is 46.7 Å². The Balaban J connectivity index is 2.10. The molecule has 3 rings (SSSR count). The summed E-state index contributed by atoms with van der Waals surface area (Å²) in [4.78, 5) is 4.43. The highest BCUT2D eigenvalue weighted by Gasteiger charge is 2.20. The Morgan fingerprint density at radius 3 is 2.48 bits per heavy atom. The van der Waals surface area contributed by atoms with Crippen molar-refractivity contribution in [3.8, 4) is 22.9 Å². The van der Waals surface area contributed by atoms with Crippen LogP contribution >= 0.6 is 0 Å². The highest BCUT2D eigenvalue weighted by Crippen LogP contribution is 2.18. The van der Waals surface area contributed by atoms with Crippen molar-refractivity contribution in [3.05, 3.63) is 42.9 Å². The molecule has 21 heavy (non-hydrogen) atoms. The van der Waals surface area contributed by atoms with E-state index in [9.17, 15) is 0 Å². The molecule has 0 aliphatic carbocycles. The summed E-state index contributed by atoms with van der Waals surface area (Å²) >= 11 is 0. The first-order valence-electron chi connectivity index (χ1n) is 7.10. The van der Waals surface area contributed by atoms with Crippen LogP contribution in [0.25, 0.3) is 22.9 Å². The van der Waals surface area contributed by atoms with Crippen molar-refractivity contribution in [2.24, 2.45) is 14.1 Å². The van der Waals surface area contributed by atoms with Gasteiger partial charge in [0.2, 0.25) is 17.2 Å². The zero-order valence-corrected chi connectivity index (χ0v) is 12.9. The summed E-state index contributed by atoms with van der Waals surface area (Å²) in [6, 6.07) is 8.62. The van der Waals surface area contributed by atoms with Crippen LogP contribution in [0.4, 0.5) is 0 Å². The number of hydrogen-bond donors (Lipinski definition) is 0. The van der Waals surface area contributed by atoms with Gasteiger partial charge in [0.05, 0.1) is 0 Å². The lowest BCUT2D eigenvalue weighted by atomic mass is 10.2. The van der Waals surface area contributed by atoms with Crippen LogP contribution in [0.2, 0.25) is 0 Å². The lowest BCUT2D eigenvalue weighted by Gasteiger charge is -2.05. The van der Waals surface area contributed by atoms with E-state index in [1.807, 2.05) is 48.0 Å². The van der Waals surface area contributed by atoms with Gasteiger partial charge in [0.1, 0.15) is 7.05 Å². The maximum absolute atomic E-state index is 4.65. The second-order valence-electron chi connectivity index (χ2n) is 5.49. The van der Waals surface area contributed by atoms with E-state index in [0.29, 0.717) is 6.04 Å². The summed E-state index contributed by atoms with van der Waals surface area (Å²) in [5, 5.41) is 4.65. The maximum atomic E-state index is 4.65. The minimum Gasteiger partial charge on any atom is -0.329 e. The van der Waals surface area contributed by atoms with Gasteiger partial charge < -0.3 is 4.57 Å². The van der Waals surface area contributed by atoms with Crippen molar-refractivity contribution in [2.45, 2.75) is 19.9 Å². The SMILES string of the molecule is CC(C)n1ccc(-c2cccc(-c3nccn3C)[n+]2C)n1. The van der Waals surface area contributed by atoms with Crippen molar-refractivity contribution in [2.75, 3.05) is 0 Å². The topological polar surface area (TPSA) is 39.5 Å². The summed E-state index contributed by atoms with van der Waals surface area (Å²) in [5.74, 6) is 0.947. The molecular formula is C16H20N5+. The number of aromatic nitrogens is 5. The summed E-state index contributed by atoms with van der Waals surface area (Å²) in [6.45, 7) is 4.25.